The molecule has 5 amide bonds. The largest absolute Gasteiger partial charge is 0.379 e. The summed E-state index contributed by atoms with van der Waals surface area (Å²) >= 11 is 1.35. The van der Waals surface area contributed by atoms with Crippen molar-refractivity contribution >= 4 is 84.3 Å². The van der Waals surface area contributed by atoms with E-state index in [1.54, 1.807) is 69.7 Å². The van der Waals surface area contributed by atoms with Crippen LogP contribution in [0.1, 0.15) is 80.8 Å². The molecular formula is C62H78F2N14O12S2. The molecule has 2 aliphatic rings. The van der Waals surface area contributed by atoms with E-state index in [1.165, 1.54) is 48.7 Å². The van der Waals surface area contributed by atoms with Crippen LogP contribution in [-0.2, 0) is 66.5 Å². The van der Waals surface area contributed by atoms with Crippen molar-refractivity contribution in [3.8, 4) is 33.0 Å². The van der Waals surface area contributed by atoms with Gasteiger partial charge < -0.3 is 55.1 Å². The summed E-state index contributed by atoms with van der Waals surface area (Å²) in [6, 6.07) is 14.7. The number of fused-ring (bicyclic) bond motifs is 2. The van der Waals surface area contributed by atoms with Gasteiger partial charge in [0, 0.05) is 107 Å². The number of anilines is 2. The number of thiazole rings is 1. The van der Waals surface area contributed by atoms with E-state index in [0.29, 0.717) is 108 Å². The lowest BCUT2D eigenvalue weighted by Crippen LogP contribution is -2.42. The predicted molar refractivity (Wildman–Crippen MR) is 340 cm³/mol. The standard InChI is InChI=1S/C62H78F2N14O12S2/c1-5-32-92(85,86)73-46-10-6-9-43(57(46)64)59-60(47-14-20-67-62(65)70-47)91-61(71-59)40-17-24-77(25-18-40)53(82)19-26-88-28-30-90-31-29-89-27-21-66-50(79)12-13-52(81)76-22-15-39(16-23-76)58-56-42(44-34-49-41(33-45(44)63)35-69-75(49)3)8-7-11-48(56)78(72-58)38-54(83)74(2)37-51(80)68-36-55(84)87-4/h6-11,14,20,33-35,39-40,55,73,84H,5,12-13,15-19,21-32,36-38H2,1-4H3,(H,66,79)(H,68,80)(H2,65,67,70). The number of ether oxygens (including phenoxy) is 4. The van der Waals surface area contributed by atoms with E-state index in [4.69, 9.17) is 34.8 Å². The number of aromatic nitrogens is 7. The lowest BCUT2D eigenvalue weighted by Gasteiger charge is -2.31. The molecule has 1 atom stereocenters. The molecule has 0 bridgehead atoms. The van der Waals surface area contributed by atoms with Gasteiger partial charge in [-0.3, -0.25) is 38.1 Å². The Labute approximate surface area is 535 Å². The molecule has 1 unspecified atom stereocenters. The third-order valence-electron chi connectivity index (χ3n) is 16.1. The first-order valence-electron chi connectivity index (χ1n) is 30.6. The molecule has 6 heterocycles. The van der Waals surface area contributed by atoms with Gasteiger partial charge in [0.15, 0.2) is 12.1 Å². The summed E-state index contributed by atoms with van der Waals surface area (Å²) in [7, 11) is 0.799. The molecule has 0 spiro atoms. The second kappa shape index (κ2) is 31.9. The maximum Gasteiger partial charge on any atom is 0.244 e. The van der Waals surface area contributed by atoms with Gasteiger partial charge in [-0.1, -0.05) is 25.1 Å². The number of aliphatic hydroxyl groups excluding tert-OH is 1. The number of rotatable bonds is 31. The minimum Gasteiger partial charge on any atom is -0.379 e. The van der Waals surface area contributed by atoms with E-state index in [1.807, 2.05) is 12.1 Å². The highest BCUT2D eigenvalue weighted by atomic mass is 32.2. The molecule has 7 aromatic rings. The molecule has 6 N–H and O–H groups in total. The fourth-order valence-corrected chi connectivity index (χ4v) is 13.5. The monoisotopic (exact) mass is 1310 g/mol. The molecule has 9 rings (SSSR count). The van der Waals surface area contributed by atoms with E-state index in [0.717, 1.165) is 10.5 Å². The predicted octanol–water partition coefficient (Wildman–Crippen LogP) is 5.17. The van der Waals surface area contributed by atoms with Crippen LogP contribution in [0.15, 0.2) is 67.0 Å². The van der Waals surface area contributed by atoms with Crippen molar-refractivity contribution in [3.63, 3.8) is 0 Å². The Morgan fingerprint density at radius 3 is 2.20 bits per heavy atom. The summed E-state index contributed by atoms with van der Waals surface area (Å²) in [5.41, 5.74) is 9.49. The third-order valence-corrected chi connectivity index (χ3v) is 18.8. The van der Waals surface area contributed by atoms with Gasteiger partial charge in [0.25, 0.3) is 0 Å². The molecule has 26 nitrogen and oxygen atoms in total. The van der Waals surface area contributed by atoms with Crippen LogP contribution < -0.4 is 21.1 Å². The Hall–Kier alpha value is -8.13. The summed E-state index contributed by atoms with van der Waals surface area (Å²) < 4.78 is 84.5. The number of likely N-dealkylation sites (tertiary alicyclic amines) is 2. The molecule has 0 saturated carbocycles. The number of carbonyl (C=O) groups excluding carboxylic acids is 5. The quantitative estimate of drug-likeness (QED) is 0.0276. The van der Waals surface area contributed by atoms with Gasteiger partial charge in [0.2, 0.25) is 45.5 Å². The number of aliphatic hydroxyl groups is 1. The van der Waals surface area contributed by atoms with E-state index in [-0.39, 0.29) is 138 Å². The fourth-order valence-electron chi connectivity index (χ4n) is 11.2. The Morgan fingerprint density at radius 1 is 0.815 bits per heavy atom. The number of nitrogens with two attached hydrogens (primary N) is 1. The first-order valence-corrected chi connectivity index (χ1v) is 33.0. The number of nitrogens with one attached hydrogen (secondary N) is 3. The Bertz CT molecular complexity index is 3850. The molecule has 3 aromatic carbocycles. The minimum absolute atomic E-state index is 0.00710. The molecule has 2 fully saturated rings. The van der Waals surface area contributed by atoms with E-state index in [2.05, 4.69) is 30.4 Å². The number of sulfonamides is 1. The number of aryl methyl sites for hydroxylation is 1. The molecule has 2 saturated heterocycles. The zero-order chi connectivity index (χ0) is 65.5. The second-order valence-corrected chi connectivity index (χ2v) is 25.4. The summed E-state index contributed by atoms with van der Waals surface area (Å²) in [6.07, 6.45) is 4.75. The Balaban J connectivity index is 0.657. The molecule has 30 heteroatoms. The summed E-state index contributed by atoms with van der Waals surface area (Å²) in [5, 5.41) is 26.3. The van der Waals surface area contributed by atoms with Crippen molar-refractivity contribution in [2.24, 2.45) is 7.05 Å². The average Bonchev–Trinajstić information content (AvgIpc) is 1.59. The highest BCUT2D eigenvalue weighted by Crippen LogP contribution is 2.44. The van der Waals surface area contributed by atoms with Crippen LogP contribution in [0.5, 0.6) is 0 Å². The van der Waals surface area contributed by atoms with Crippen molar-refractivity contribution in [1.82, 2.24) is 59.8 Å². The summed E-state index contributed by atoms with van der Waals surface area (Å²) in [4.78, 5) is 84.1. The molecule has 0 aliphatic carbocycles. The number of piperidine rings is 2. The number of amides is 5. The zero-order valence-electron chi connectivity index (χ0n) is 51.9. The number of methoxy groups -OCH3 is 1. The average molecular weight is 1310 g/mol. The lowest BCUT2D eigenvalue weighted by atomic mass is 9.88. The normalized spacial score (nSPS) is 14.5. The number of nitrogens with zero attached hydrogens (tertiary/aromatic N) is 10. The van der Waals surface area contributed by atoms with Crippen molar-refractivity contribution in [1.29, 1.82) is 0 Å². The topological polar surface area (TPSA) is 323 Å². The van der Waals surface area contributed by atoms with Gasteiger partial charge in [0.05, 0.1) is 115 Å². The van der Waals surface area contributed by atoms with Gasteiger partial charge in [-0.15, -0.1) is 11.3 Å². The molecule has 92 heavy (non-hydrogen) atoms. The van der Waals surface area contributed by atoms with Gasteiger partial charge in [-0.25, -0.2) is 32.2 Å². The van der Waals surface area contributed by atoms with E-state index < -0.39 is 39.8 Å². The minimum atomic E-state index is -3.77. The number of nitrogen functional groups attached to an aromatic ring is 1. The van der Waals surface area contributed by atoms with Crippen molar-refractivity contribution in [2.75, 3.05) is 116 Å². The molecule has 0 radical (unpaired) electrons. The van der Waals surface area contributed by atoms with Crippen LogP contribution >= 0.6 is 11.3 Å². The number of halogens is 2. The Morgan fingerprint density at radius 2 is 1.49 bits per heavy atom. The van der Waals surface area contributed by atoms with Crippen LogP contribution in [0.2, 0.25) is 0 Å². The molecule has 4 aromatic heterocycles. The van der Waals surface area contributed by atoms with Crippen LogP contribution in [0.4, 0.5) is 20.4 Å². The highest BCUT2D eigenvalue weighted by Gasteiger charge is 2.32. The van der Waals surface area contributed by atoms with Crippen molar-refractivity contribution in [3.05, 3.63) is 89.3 Å². The highest BCUT2D eigenvalue weighted by molar-refractivity contribution is 7.92. The second-order valence-electron chi connectivity index (χ2n) is 22.5. The van der Waals surface area contributed by atoms with E-state index >= 15 is 8.78 Å². The third kappa shape index (κ3) is 17.5. The first-order chi connectivity index (χ1) is 44.3. The number of hydrogen-bond acceptors (Lipinski definition) is 19. The van der Waals surface area contributed by atoms with Crippen molar-refractivity contribution in [2.45, 2.75) is 83.0 Å². The zero-order valence-corrected chi connectivity index (χ0v) is 53.5. The molecular weight excluding hydrogens is 1230 g/mol. The van der Waals surface area contributed by atoms with Gasteiger partial charge in [0.1, 0.15) is 12.4 Å². The number of hydrogen-bond donors (Lipinski definition) is 5. The number of carbonyl (C=O) groups is 5. The maximum absolute atomic E-state index is 16.1. The van der Waals surface area contributed by atoms with Gasteiger partial charge >= 0.3 is 0 Å². The van der Waals surface area contributed by atoms with Crippen LogP contribution in [0, 0.1) is 11.6 Å². The fraction of sp³-hybridized carbons (Fsp3) is 0.484. The maximum atomic E-state index is 16.1. The van der Waals surface area contributed by atoms with Crippen molar-refractivity contribution < 1.29 is 65.2 Å². The lowest BCUT2D eigenvalue weighted by molar-refractivity contribution is -0.136. The number of likely N-dealkylation sites (N-methyl/N-ethyl adjacent to an activating group) is 1. The first kappa shape index (κ1) is 68.2. The number of benzene rings is 3. The Kier molecular flexibility index (Phi) is 23.7. The van der Waals surface area contributed by atoms with E-state index in [9.17, 15) is 37.5 Å². The summed E-state index contributed by atoms with van der Waals surface area (Å²) in [6.45, 7) is 4.65. The molecule has 494 valence electrons. The summed E-state index contributed by atoms with van der Waals surface area (Å²) in [5.74, 6) is -2.94. The van der Waals surface area contributed by atoms with Crippen LogP contribution in [0.3, 0.4) is 0 Å². The molecule has 2 aliphatic heterocycles. The van der Waals surface area contributed by atoms with Crippen LogP contribution in [-0.4, -0.2) is 204 Å². The van der Waals surface area contributed by atoms with Gasteiger partial charge in [-0.2, -0.15) is 10.2 Å². The smallest absolute Gasteiger partial charge is 0.244 e. The SMILES string of the molecule is CCCS(=O)(=O)Nc1cccc(-c2nc(C3CCN(C(=O)CCOCCOCCOCCNC(=O)CCC(=O)N4CCC(c5nn(CC(=O)N(C)CC(=O)NCC(O)OC)c6cccc(-c7cc8c(cnn8C)cc7F)c56)CC4)CC3)sc2-c2ccnc(N)n2)c1F. The van der Waals surface area contributed by atoms with Crippen LogP contribution in [0.25, 0.3) is 54.8 Å². The van der Waals surface area contributed by atoms with Gasteiger partial charge in [-0.05, 0) is 74.1 Å².